The number of aliphatic hydroxyl groups excluding tert-OH is 3. The first-order valence-electron chi connectivity index (χ1n) is 3.90. The Labute approximate surface area is 117 Å². The monoisotopic (exact) mass is 460 g/mol. The van der Waals surface area contributed by atoms with E-state index in [0.717, 1.165) is 0 Å². The largest absolute Gasteiger partial charge is 0.395 e. The number of rotatable bonds is 6. The van der Waals surface area contributed by atoms with Crippen molar-refractivity contribution in [1.29, 1.82) is 0 Å². The highest BCUT2D eigenvalue weighted by Crippen LogP contribution is 2.23. The Hall–Kier alpha value is 1.80. The minimum Gasteiger partial charge on any atom is -0.395 e. The molecule has 0 aliphatic rings. The average molecular weight is 464 g/mol. The van der Waals surface area contributed by atoms with Crippen LogP contribution >= 0.6 is 63.7 Å². The lowest BCUT2D eigenvalue weighted by Gasteiger charge is -2.27. The average Bonchev–Trinajstić information content (AvgIpc) is 2.23. The first-order valence-corrected chi connectivity index (χ1v) is 7.77. The van der Waals surface area contributed by atoms with E-state index in [2.05, 4.69) is 63.7 Å². The minimum absolute atomic E-state index is 0.110. The number of aliphatic hydroxyl groups is 3. The Balaban J connectivity index is 4.22. The molecule has 0 aromatic carbocycles. The van der Waals surface area contributed by atoms with Gasteiger partial charge in [-0.3, -0.25) is 0 Å². The third kappa shape index (κ3) is 4.76. The van der Waals surface area contributed by atoms with Crippen molar-refractivity contribution in [2.75, 3.05) is 11.9 Å². The molecule has 3 N–H and O–H groups in total. The van der Waals surface area contributed by atoms with Crippen molar-refractivity contribution in [2.24, 2.45) is 0 Å². The van der Waals surface area contributed by atoms with Crippen LogP contribution in [0.3, 0.4) is 0 Å². The summed E-state index contributed by atoms with van der Waals surface area (Å²) in [6, 6.07) is 0. The standard InChI is InChI=1S/C7H12Br4O3/c8-1-3(9)6(13)7(14)5(11)4(10)2-12/h3-7,12-14H,1-2H2. The number of halogens is 4. The first-order chi connectivity index (χ1) is 6.45. The fourth-order valence-electron chi connectivity index (χ4n) is 0.808. The normalized spacial score (nSPS) is 22.5. The van der Waals surface area contributed by atoms with Crippen LogP contribution in [0.25, 0.3) is 0 Å². The Kier molecular flexibility index (Phi) is 9.00. The zero-order valence-corrected chi connectivity index (χ0v) is 13.5. The van der Waals surface area contributed by atoms with Crippen molar-refractivity contribution >= 4 is 63.7 Å². The van der Waals surface area contributed by atoms with Gasteiger partial charge in [0.2, 0.25) is 0 Å². The summed E-state index contributed by atoms with van der Waals surface area (Å²) < 4.78 is 0. The van der Waals surface area contributed by atoms with E-state index in [-0.39, 0.29) is 16.3 Å². The molecule has 0 aromatic heterocycles. The van der Waals surface area contributed by atoms with Crippen molar-refractivity contribution in [3.05, 3.63) is 0 Å². The predicted molar refractivity (Wildman–Crippen MR) is 71.0 cm³/mol. The molecule has 7 heteroatoms. The Morgan fingerprint density at radius 3 is 1.79 bits per heavy atom. The molecular weight excluding hydrogens is 452 g/mol. The third-order valence-corrected chi connectivity index (χ3v) is 6.89. The lowest BCUT2D eigenvalue weighted by molar-refractivity contribution is 0.0210. The predicted octanol–water partition coefficient (Wildman–Crippen LogP) is 1.39. The molecule has 5 unspecified atom stereocenters. The molecule has 86 valence electrons. The SMILES string of the molecule is OCC(Br)C(Br)C(O)C(O)C(Br)CBr. The van der Waals surface area contributed by atoms with Gasteiger partial charge in [0.1, 0.15) is 0 Å². The van der Waals surface area contributed by atoms with Gasteiger partial charge in [-0.2, -0.15) is 0 Å². The zero-order chi connectivity index (χ0) is 11.3. The van der Waals surface area contributed by atoms with Crippen molar-refractivity contribution < 1.29 is 15.3 Å². The van der Waals surface area contributed by atoms with Crippen LogP contribution in [0.5, 0.6) is 0 Å². The van der Waals surface area contributed by atoms with Crippen LogP contribution < -0.4 is 0 Å². The Morgan fingerprint density at radius 1 is 0.929 bits per heavy atom. The molecule has 5 atom stereocenters. The second-order valence-electron chi connectivity index (χ2n) is 2.79. The van der Waals surface area contributed by atoms with Gasteiger partial charge in [-0.25, -0.2) is 0 Å². The maximum Gasteiger partial charge on any atom is 0.0946 e. The van der Waals surface area contributed by atoms with Gasteiger partial charge in [0, 0.05) is 5.33 Å². The molecule has 0 aliphatic carbocycles. The van der Waals surface area contributed by atoms with Crippen LogP contribution in [-0.2, 0) is 0 Å². The summed E-state index contributed by atoms with van der Waals surface area (Å²) >= 11 is 12.8. The summed E-state index contributed by atoms with van der Waals surface area (Å²) in [6.07, 6.45) is -1.85. The van der Waals surface area contributed by atoms with E-state index >= 15 is 0 Å². The quantitative estimate of drug-likeness (QED) is 0.522. The Morgan fingerprint density at radius 2 is 1.43 bits per heavy atom. The summed E-state index contributed by atoms with van der Waals surface area (Å²) in [7, 11) is 0. The molecule has 14 heavy (non-hydrogen) atoms. The summed E-state index contributed by atoms with van der Waals surface area (Å²) in [6.45, 7) is -0.110. The van der Waals surface area contributed by atoms with Gasteiger partial charge in [0.15, 0.2) is 0 Å². The van der Waals surface area contributed by atoms with E-state index in [9.17, 15) is 10.2 Å². The highest BCUT2D eigenvalue weighted by atomic mass is 79.9. The highest BCUT2D eigenvalue weighted by Gasteiger charge is 2.32. The van der Waals surface area contributed by atoms with Crippen molar-refractivity contribution in [3.63, 3.8) is 0 Å². The zero-order valence-electron chi connectivity index (χ0n) is 7.15. The molecule has 0 radical (unpaired) electrons. The van der Waals surface area contributed by atoms with Crippen LogP contribution in [0.15, 0.2) is 0 Å². The molecule has 0 spiro atoms. The Bertz CT molecular complexity index is 144. The van der Waals surface area contributed by atoms with Gasteiger partial charge in [0.05, 0.1) is 33.3 Å². The summed E-state index contributed by atoms with van der Waals surface area (Å²) in [5.74, 6) is 0. The molecule has 0 saturated carbocycles. The van der Waals surface area contributed by atoms with Gasteiger partial charge in [-0.15, -0.1) is 0 Å². The van der Waals surface area contributed by atoms with E-state index in [1.54, 1.807) is 0 Å². The van der Waals surface area contributed by atoms with E-state index in [0.29, 0.717) is 5.33 Å². The maximum atomic E-state index is 9.70. The fourth-order valence-corrected chi connectivity index (χ4v) is 2.30. The maximum absolute atomic E-state index is 9.70. The molecule has 0 aliphatic heterocycles. The van der Waals surface area contributed by atoms with Crippen LogP contribution in [0, 0.1) is 0 Å². The molecule has 0 bridgehead atoms. The number of alkyl halides is 4. The minimum atomic E-state index is -0.951. The molecular formula is C7H12Br4O3. The smallest absolute Gasteiger partial charge is 0.0946 e. The van der Waals surface area contributed by atoms with E-state index in [4.69, 9.17) is 5.11 Å². The van der Waals surface area contributed by atoms with Crippen molar-refractivity contribution in [2.45, 2.75) is 26.7 Å². The molecule has 0 saturated heterocycles. The number of hydrogen-bond acceptors (Lipinski definition) is 3. The van der Waals surface area contributed by atoms with Gasteiger partial charge in [-0.05, 0) is 0 Å². The molecule has 0 aromatic rings. The van der Waals surface area contributed by atoms with Gasteiger partial charge in [0.25, 0.3) is 0 Å². The second kappa shape index (κ2) is 7.97. The van der Waals surface area contributed by atoms with Gasteiger partial charge < -0.3 is 15.3 Å². The van der Waals surface area contributed by atoms with Crippen LogP contribution in [0.4, 0.5) is 0 Å². The molecule has 3 nitrogen and oxygen atoms in total. The highest BCUT2D eigenvalue weighted by molar-refractivity contribution is 9.12. The molecule has 0 rings (SSSR count). The van der Waals surface area contributed by atoms with Crippen LogP contribution in [0.1, 0.15) is 0 Å². The molecule has 0 heterocycles. The van der Waals surface area contributed by atoms with E-state index in [1.807, 2.05) is 0 Å². The van der Waals surface area contributed by atoms with Crippen molar-refractivity contribution in [3.8, 4) is 0 Å². The lowest BCUT2D eigenvalue weighted by atomic mass is 10.1. The van der Waals surface area contributed by atoms with Crippen LogP contribution in [0.2, 0.25) is 0 Å². The van der Waals surface area contributed by atoms with E-state index < -0.39 is 17.0 Å². The number of hydrogen-bond donors (Lipinski definition) is 3. The van der Waals surface area contributed by atoms with E-state index in [1.165, 1.54) is 0 Å². The topological polar surface area (TPSA) is 60.7 Å². The molecule has 0 fully saturated rings. The fraction of sp³-hybridized carbons (Fsp3) is 1.00. The second-order valence-corrected chi connectivity index (χ2v) is 6.85. The summed E-state index contributed by atoms with van der Waals surface area (Å²) in [5, 5.41) is 28.7. The summed E-state index contributed by atoms with van der Waals surface area (Å²) in [5.41, 5.74) is 0. The van der Waals surface area contributed by atoms with Gasteiger partial charge >= 0.3 is 0 Å². The third-order valence-electron chi connectivity index (χ3n) is 1.71. The van der Waals surface area contributed by atoms with Crippen LogP contribution in [-0.4, -0.2) is 53.9 Å². The lowest BCUT2D eigenvalue weighted by Crippen LogP contribution is -2.44. The molecule has 0 amide bonds. The first kappa shape index (κ1) is 15.8. The van der Waals surface area contributed by atoms with Crippen molar-refractivity contribution in [1.82, 2.24) is 0 Å². The summed E-state index contributed by atoms with van der Waals surface area (Å²) in [4.78, 5) is -0.917. The van der Waals surface area contributed by atoms with Gasteiger partial charge in [-0.1, -0.05) is 63.7 Å².